The molecule has 0 bridgehead atoms. The van der Waals surface area contributed by atoms with Crippen LogP contribution < -0.4 is 15.5 Å². The fourth-order valence-corrected chi connectivity index (χ4v) is 4.86. The summed E-state index contributed by atoms with van der Waals surface area (Å²) in [6.07, 6.45) is -0.778. The maximum Gasteiger partial charge on any atom is 0.437 e. The van der Waals surface area contributed by atoms with E-state index in [1.807, 2.05) is 0 Å². The molecule has 2 atom stereocenters. The van der Waals surface area contributed by atoms with Gasteiger partial charge in [-0.15, -0.1) is 5.10 Å². The molecule has 12 heteroatoms. The summed E-state index contributed by atoms with van der Waals surface area (Å²) in [7, 11) is 1.36. The highest BCUT2D eigenvalue weighted by molar-refractivity contribution is 6.04. The van der Waals surface area contributed by atoms with E-state index in [1.54, 1.807) is 12.3 Å². The summed E-state index contributed by atoms with van der Waals surface area (Å²) < 4.78 is 41.9. The zero-order chi connectivity index (χ0) is 20.9. The Morgan fingerprint density at radius 2 is 2.10 bits per heavy atom. The molecule has 6 rings (SSSR count). The number of nitrogens with one attached hydrogen (secondary N) is 2. The molecule has 156 valence electrons. The molecule has 2 N–H and O–H groups in total. The minimum absolute atomic E-state index is 0.118. The average Bonchev–Trinajstić information content (AvgIpc) is 3.14. The van der Waals surface area contributed by atoms with E-state index >= 15 is 0 Å². The lowest BCUT2D eigenvalue weighted by molar-refractivity contribution is -0.140. The molecule has 0 radical (unpaired) electrons. The van der Waals surface area contributed by atoms with Gasteiger partial charge in [0.15, 0.2) is 5.69 Å². The third kappa shape index (κ3) is 2.27. The highest BCUT2D eigenvalue weighted by Crippen LogP contribution is 2.66. The van der Waals surface area contributed by atoms with E-state index in [1.165, 1.54) is 24.1 Å². The minimum atomic E-state index is -4.68. The number of hydrogen-bond acceptors (Lipinski definition) is 6. The minimum Gasteiger partial charge on any atom is -0.337 e. The Bertz CT molecular complexity index is 1200. The topological polar surface area (TPSA) is 92.4 Å². The molecule has 3 fully saturated rings. The number of carbonyl (C=O) groups is 1. The fourth-order valence-electron chi connectivity index (χ4n) is 4.86. The molecule has 0 aromatic carbocycles. The van der Waals surface area contributed by atoms with Gasteiger partial charge in [-0.1, -0.05) is 0 Å². The van der Waals surface area contributed by atoms with Crippen molar-refractivity contribution in [3.8, 4) is 0 Å². The van der Waals surface area contributed by atoms with Gasteiger partial charge in [0.25, 0.3) is 5.91 Å². The second-order valence-corrected chi connectivity index (χ2v) is 8.38. The number of alkyl halides is 3. The molecule has 1 unspecified atom stereocenters. The lowest BCUT2D eigenvalue weighted by Crippen LogP contribution is -2.52. The van der Waals surface area contributed by atoms with Crippen LogP contribution in [0, 0.1) is 5.41 Å². The van der Waals surface area contributed by atoms with Crippen molar-refractivity contribution >= 4 is 23.1 Å². The number of aromatic nitrogens is 5. The third-order valence-electron chi connectivity index (χ3n) is 6.50. The van der Waals surface area contributed by atoms with Crippen LogP contribution in [0.3, 0.4) is 0 Å². The van der Waals surface area contributed by atoms with Gasteiger partial charge in [-0.05, 0) is 18.6 Å². The number of rotatable bonds is 3. The molecule has 0 spiro atoms. The van der Waals surface area contributed by atoms with Gasteiger partial charge in [-0.25, -0.2) is 9.50 Å². The van der Waals surface area contributed by atoms with Crippen LogP contribution in [0.1, 0.15) is 22.6 Å². The zero-order valence-corrected chi connectivity index (χ0v) is 15.9. The van der Waals surface area contributed by atoms with Crippen molar-refractivity contribution in [2.24, 2.45) is 12.5 Å². The van der Waals surface area contributed by atoms with Crippen molar-refractivity contribution in [1.29, 1.82) is 0 Å². The molecule has 2 aliphatic heterocycles. The number of hydrogen-bond donors (Lipinski definition) is 2. The van der Waals surface area contributed by atoms with Crippen molar-refractivity contribution in [3.05, 3.63) is 35.9 Å². The monoisotopic (exact) mass is 418 g/mol. The largest absolute Gasteiger partial charge is 0.437 e. The van der Waals surface area contributed by atoms with Crippen molar-refractivity contribution in [2.75, 3.05) is 29.9 Å². The van der Waals surface area contributed by atoms with E-state index in [9.17, 15) is 18.0 Å². The van der Waals surface area contributed by atoms with Crippen LogP contribution in [0.15, 0.2) is 24.5 Å². The summed E-state index contributed by atoms with van der Waals surface area (Å²) in [6.45, 7) is 2.67. The molecule has 5 heterocycles. The van der Waals surface area contributed by atoms with Crippen molar-refractivity contribution in [2.45, 2.75) is 18.1 Å². The maximum absolute atomic E-state index is 13.2. The number of carbonyl (C=O) groups excluding carboxylic acids is 1. The molecule has 9 nitrogen and oxygen atoms in total. The fraction of sp³-hybridized carbons (Fsp3) is 0.444. The zero-order valence-electron chi connectivity index (χ0n) is 15.9. The molecule has 3 aromatic rings. The Balaban J connectivity index is 1.30. The normalized spacial score (nSPS) is 27.0. The Labute approximate surface area is 167 Å². The first-order valence-electron chi connectivity index (χ1n) is 9.47. The summed E-state index contributed by atoms with van der Waals surface area (Å²) in [5.41, 5.74) is -0.361. The highest BCUT2D eigenvalue weighted by Gasteiger charge is 2.78. The predicted molar refractivity (Wildman–Crippen MR) is 99.1 cm³/mol. The van der Waals surface area contributed by atoms with Crippen LogP contribution in [-0.4, -0.2) is 55.5 Å². The average molecular weight is 418 g/mol. The first kappa shape index (κ1) is 17.7. The number of fused-ring (bicyclic) bond motifs is 1. The number of anilines is 2. The summed E-state index contributed by atoms with van der Waals surface area (Å²) in [5, 5.41) is 13.7. The van der Waals surface area contributed by atoms with Crippen LogP contribution in [-0.2, 0) is 13.2 Å². The molecule has 1 aliphatic carbocycles. The van der Waals surface area contributed by atoms with Gasteiger partial charge in [0, 0.05) is 43.8 Å². The maximum atomic E-state index is 13.2. The summed E-state index contributed by atoms with van der Waals surface area (Å²) in [5.74, 6) is -0.207. The predicted octanol–water partition coefficient (Wildman–Crippen LogP) is 1.29. The highest BCUT2D eigenvalue weighted by atomic mass is 19.4. The molecule has 1 amide bonds. The standard InChI is InChI=1S/C18H17F3N8O/c1-27-5-11(13(25-27)18(19,20)21)24-14(30)12-3-2-10-4-22-15(26-29(10)12)28-8-16-6-17(16,9-28)23-7-16/h2-5,23H,6-9H2,1H3,(H,24,30)/t16-,17?/m0/s1. The number of amides is 1. The Hall–Kier alpha value is -3.15. The van der Waals surface area contributed by atoms with Crippen molar-refractivity contribution < 1.29 is 18.0 Å². The van der Waals surface area contributed by atoms with Crippen LogP contribution in [0.2, 0.25) is 0 Å². The second-order valence-electron chi connectivity index (χ2n) is 8.38. The van der Waals surface area contributed by atoms with Crippen molar-refractivity contribution in [1.82, 2.24) is 29.7 Å². The molecular formula is C18H17F3N8O. The van der Waals surface area contributed by atoms with Crippen molar-refractivity contribution in [3.63, 3.8) is 0 Å². The molecule has 30 heavy (non-hydrogen) atoms. The van der Waals surface area contributed by atoms with Gasteiger partial charge in [0.05, 0.1) is 17.4 Å². The van der Waals surface area contributed by atoms with E-state index in [0.717, 1.165) is 30.5 Å². The van der Waals surface area contributed by atoms with E-state index in [-0.39, 0.29) is 11.2 Å². The van der Waals surface area contributed by atoms with Gasteiger partial charge in [0.2, 0.25) is 5.95 Å². The van der Waals surface area contributed by atoms with Gasteiger partial charge in [0.1, 0.15) is 5.69 Å². The van der Waals surface area contributed by atoms with Crippen LogP contribution >= 0.6 is 0 Å². The molecule has 3 aromatic heterocycles. The third-order valence-corrected chi connectivity index (χ3v) is 6.50. The SMILES string of the molecule is Cn1cc(NC(=O)c2ccc3cnc(N4CC56C[C@]5(CN6)C4)nn23)c(C(F)(F)F)n1. The molecule has 3 aliphatic rings. The summed E-state index contributed by atoms with van der Waals surface area (Å²) in [4.78, 5) is 19.3. The van der Waals surface area contributed by atoms with Crippen LogP contribution in [0.5, 0.6) is 0 Å². The van der Waals surface area contributed by atoms with E-state index in [0.29, 0.717) is 16.9 Å². The molecule has 1 saturated carbocycles. The van der Waals surface area contributed by atoms with Gasteiger partial charge < -0.3 is 15.5 Å². The lowest BCUT2D eigenvalue weighted by Gasteiger charge is -2.28. The molecular weight excluding hydrogens is 401 g/mol. The first-order chi connectivity index (χ1) is 14.2. The quantitative estimate of drug-likeness (QED) is 0.666. The van der Waals surface area contributed by atoms with E-state index in [4.69, 9.17) is 0 Å². The second kappa shape index (κ2) is 5.31. The first-order valence-corrected chi connectivity index (χ1v) is 9.47. The number of aryl methyl sites for hydroxylation is 1. The summed E-state index contributed by atoms with van der Waals surface area (Å²) >= 11 is 0. The lowest BCUT2D eigenvalue weighted by atomic mass is 9.96. The van der Waals surface area contributed by atoms with Crippen LogP contribution in [0.4, 0.5) is 24.8 Å². The summed E-state index contributed by atoms with van der Waals surface area (Å²) in [6, 6.07) is 3.16. The number of piperidine rings is 1. The van der Waals surface area contributed by atoms with Crippen LogP contribution in [0.25, 0.3) is 5.52 Å². The Kier molecular flexibility index (Phi) is 3.13. The molecule has 2 saturated heterocycles. The Morgan fingerprint density at radius 1 is 1.27 bits per heavy atom. The van der Waals surface area contributed by atoms with Gasteiger partial charge >= 0.3 is 6.18 Å². The van der Waals surface area contributed by atoms with Gasteiger partial charge in [-0.3, -0.25) is 9.48 Å². The number of halogens is 3. The number of nitrogens with zero attached hydrogens (tertiary/aromatic N) is 6. The van der Waals surface area contributed by atoms with Gasteiger partial charge in [-0.2, -0.15) is 18.3 Å². The Morgan fingerprint density at radius 3 is 2.77 bits per heavy atom. The van der Waals surface area contributed by atoms with E-state index < -0.39 is 23.5 Å². The smallest absolute Gasteiger partial charge is 0.337 e. The van der Waals surface area contributed by atoms with E-state index in [2.05, 4.69) is 30.7 Å².